The maximum Gasteiger partial charge on any atom is 0.352 e. The minimum atomic E-state index is -0.412. The number of benzene rings is 2. The first-order valence-electron chi connectivity index (χ1n) is 8.12. The Labute approximate surface area is 151 Å². The van der Waals surface area contributed by atoms with Gasteiger partial charge in [0.1, 0.15) is 16.1 Å². The van der Waals surface area contributed by atoms with Crippen LogP contribution in [0.5, 0.6) is 0 Å². The molecule has 2 aromatic heterocycles. The van der Waals surface area contributed by atoms with Gasteiger partial charge in [0.25, 0.3) is 0 Å². The van der Waals surface area contributed by atoms with Crippen LogP contribution in [0.4, 0.5) is 11.4 Å². The number of rotatable bonds is 0. The van der Waals surface area contributed by atoms with Gasteiger partial charge in [0.05, 0.1) is 11.4 Å². The van der Waals surface area contributed by atoms with Gasteiger partial charge in [0, 0.05) is 27.3 Å². The molecule has 4 aromatic rings. The summed E-state index contributed by atoms with van der Waals surface area (Å²) in [4.78, 5) is 26.0. The van der Waals surface area contributed by atoms with E-state index in [2.05, 4.69) is 5.32 Å². The molecule has 1 N–H and O–H groups in total. The quantitative estimate of drug-likeness (QED) is 0.317. The Kier molecular flexibility index (Phi) is 3.09. The third-order valence-corrected chi connectivity index (χ3v) is 5.95. The van der Waals surface area contributed by atoms with E-state index in [4.69, 9.17) is 8.83 Å². The zero-order valence-corrected chi connectivity index (χ0v) is 14.8. The monoisotopic (exact) mass is 363 g/mol. The second-order valence-electron chi connectivity index (χ2n) is 6.30. The Hall–Kier alpha value is -2.99. The standard InChI is InChI=1S/C20H13NO4S/c1-9-10(2)19(22)24-14-8-15-12(7-11(9)14)17-18(20(23)25-15)26-16-6-4-3-5-13(16)21-17/h3-8,21H,1-2H3. The first-order chi connectivity index (χ1) is 12.5. The minimum Gasteiger partial charge on any atom is -0.422 e. The molecule has 6 heteroatoms. The third kappa shape index (κ3) is 2.05. The Morgan fingerprint density at radius 3 is 2.46 bits per heavy atom. The van der Waals surface area contributed by atoms with Crippen molar-refractivity contribution in [2.45, 2.75) is 23.6 Å². The first kappa shape index (κ1) is 15.3. The van der Waals surface area contributed by atoms with Crippen molar-refractivity contribution >= 4 is 45.1 Å². The predicted molar refractivity (Wildman–Crippen MR) is 102 cm³/mol. The lowest BCUT2D eigenvalue weighted by molar-refractivity contribution is 0.537. The molecule has 5 rings (SSSR count). The van der Waals surface area contributed by atoms with Gasteiger partial charge in [-0.2, -0.15) is 0 Å². The van der Waals surface area contributed by atoms with Crippen molar-refractivity contribution in [1.82, 2.24) is 0 Å². The van der Waals surface area contributed by atoms with E-state index in [-0.39, 0.29) is 5.63 Å². The van der Waals surface area contributed by atoms with E-state index in [0.717, 1.165) is 32.6 Å². The molecular weight excluding hydrogens is 350 g/mol. The summed E-state index contributed by atoms with van der Waals surface area (Å²) >= 11 is 1.40. The number of nitrogens with one attached hydrogen (secondary N) is 1. The number of anilines is 2. The van der Waals surface area contributed by atoms with Gasteiger partial charge in [0.2, 0.25) is 0 Å². The SMILES string of the molecule is Cc1c(C)c2cc3c4c(c(=O)oc3cc2oc1=O)Sc1ccccc1N4. The highest BCUT2D eigenvalue weighted by Crippen LogP contribution is 2.45. The average Bonchev–Trinajstić information content (AvgIpc) is 2.64. The van der Waals surface area contributed by atoms with Gasteiger partial charge < -0.3 is 14.2 Å². The Morgan fingerprint density at radius 1 is 0.885 bits per heavy atom. The highest BCUT2D eigenvalue weighted by Gasteiger charge is 2.23. The van der Waals surface area contributed by atoms with E-state index < -0.39 is 5.63 Å². The molecule has 26 heavy (non-hydrogen) atoms. The van der Waals surface area contributed by atoms with E-state index in [9.17, 15) is 9.59 Å². The summed E-state index contributed by atoms with van der Waals surface area (Å²) in [6.07, 6.45) is 0. The smallest absolute Gasteiger partial charge is 0.352 e. The molecule has 0 spiro atoms. The number of aryl methyl sites for hydroxylation is 1. The van der Waals surface area contributed by atoms with Gasteiger partial charge >= 0.3 is 11.3 Å². The van der Waals surface area contributed by atoms with Crippen molar-refractivity contribution in [3.63, 3.8) is 0 Å². The zero-order valence-electron chi connectivity index (χ0n) is 14.0. The maximum absolute atomic E-state index is 12.5. The van der Waals surface area contributed by atoms with Crippen LogP contribution >= 0.6 is 11.8 Å². The fraction of sp³-hybridized carbons (Fsp3) is 0.100. The average molecular weight is 363 g/mol. The molecule has 128 valence electrons. The second-order valence-corrected chi connectivity index (χ2v) is 7.35. The minimum absolute atomic E-state index is 0.378. The normalized spacial score (nSPS) is 12.7. The van der Waals surface area contributed by atoms with Gasteiger partial charge in [-0.25, -0.2) is 9.59 Å². The molecule has 5 nitrogen and oxygen atoms in total. The molecule has 0 atom stereocenters. The summed E-state index contributed by atoms with van der Waals surface area (Å²) in [5.74, 6) is 0. The predicted octanol–water partition coefficient (Wildman–Crippen LogP) is 4.72. The molecule has 1 aliphatic heterocycles. The molecule has 3 heterocycles. The number of para-hydroxylation sites is 1. The van der Waals surface area contributed by atoms with E-state index in [1.165, 1.54) is 11.8 Å². The summed E-state index contributed by atoms with van der Waals surface area (Å²) in [6.45, 7) is 3.64. The van der Waals surface area contributed by atoms with Crippen LogP contribution in [0.1, 0.15) is 11.1 Å². The largest absolute Gasteiger partial charge is 0.422 e. The Morgan fingerprint density at radius 2 is 1.62 bits per heavy atom. The van der Waals surface area contributed by atoms with Gasteiger partial charge in [-0.3, -0.25) is 0 Å². The lowest BCUT2D eigenvalue weighted by atomic mass is 10.0. The Balaban J connectivity index is 1.89. The first-order valence-corrected chi connectivity index (χ1v) is 8.93. The van der Waals surface area contributed by atoms with Crippen molar-refractivity contribution in [2.24, 2.45) is 0 Å². The number of hydrogen-bond donors (Lipinski definition) is 1. The van der Waals surface area contributed by atoms with Crippen molar-refractivity contribution in [3.05, 3.63) is 68.4 Å². The van der Waals surface area contributed by atoms with Crippen molar-refractivity contribution in [1.29, 1.82) is 0 Å². The van der Waals surface area contributed by atoms with Crippen LogP contribution in [-0.4, -0.2) is 0 Å². The maximum atomic E-state index is 12.5. The molecule has 0 saturated heterocycles. The van der Waals surface area contributed by atoms with Crippen LogP contribution in [-0.2, 0) is 0 Å². The fourth-order valence-corrected chi connectivity index (χ4v) is 4.22. The van der Waals surface area contributed by atoms with E-state index in [1.807, 2.05) is 37.3 Å². The molecule has 0 saturated carbocycles. The van der Waals surface area contributed by atoms with Crippen molar-refractivity contribution in [3.8, 4) is 0 Å². The summed E-state index contributed by atoms with van der Waals surface area (Å²) in [5, 5.41) is 4.97. The van der Waals surface area contributed by atoms with Crippen LogP contribution < -0.4 is 16.6 Å². The van der Waals surface area contributed by atoms with E-state index >= 15 is 0 Å². The van der Waals surface area contributed by atoms with Crippen LogP contribution in [0.2, 0.25) is 0 Å². The zero-order chi connectivity index (χ0) is 18.0. The molecule has 0 radical (unpaired) electrons. The van der Waals surface area contributed by atoms with Gasteiger partial charge in [-0.05, 0) is 37.6 Å². The second kappa shape index (κ2) is 5.25. The van der Waals surface area contributed by atoms with Crippen LogP contribution in [0.3, 0.4) is 0 Å². The molecule has 0 bridgehead atoms. The number of hydrogen-bond acceptors (Lipinski definition) is 6. The molecular formula is C20H13NO4S. The molecule has 0 unspecified atom stereocenters. The highest BCUT2D eigenvalue weighted by molar-refractivity contribution is 7.99. The molecule has 0 aliphatic carbocycles. The summed E-state index contributed by atoms with van der Waals surface area (Å²) in [6, 6.07) is 11.3. The van der Waals surface area contributed by atoms with Crippen molar-refractivity contribution < 1.29 is 8.83 Å². The van der Waals surface area contributed by atoms with E-state index in [0.29, 0.717) is 21.6 Å². The molecule has 2 aromatic carbocycles. The van der Waals surface area contributed by atoms with Crippen molar-refractivity contribution in [2.75, 3.05) is 5.32 Å². The summed E-state index contributed by atoms with van der Waals surface area (Å²) in [5.41, 5.74) is 3.13. The lowest BCUT2D eigenvalue weighted by Gasteiger charge is -2.21. The van der Waals surface area contributed by atoms with Gasteiger partial charge in [-0.1, -0.05) is 23.9 Å². The highest BCUT2D eigenvalue weighted by atomic mass is 32.2. The third-order valence-electron chi connectivity index (χ3n) is 4.80. The molecule has 0 amide bonds. The topological polar surface area (TPSA) is 72.5 Å². The van der Waals surface area contributed by atoms with Gasteiger partial charge in [0.15, 0.2) is 0 Å². The molecule has 0 fully saturated rings. The molecule has 1 aliphatic rings. The van der Waals surface area contributed by atoms with Crippen LogP contribution in [0, 0.1) is 13.8 Å². The van der Waals surface area contributed by atoms with E-state index in [1.54, 1.807) is 13.0 Å². The Bertz CT molecular complexity index is 1350. The van der Waals surface area contributed by atoms with Crippen LogP contribution in [0.25, 0.3) is 21.9 Å². The van der Waals surface area contributed by atoms with Crippen LogP contribution in [0.15, 0.2) is 64.6 Å². The number of fused-ring (bicyclic) bond motifs is 5. The lowest BCUT2D eigenvalue weighted by Crippen LogP contribution is -2.11. The summed E-state index contributed by atoms with van der Waals surface area (Å²) < 4.78 is 10.9. The summed E-state index contributed by atoms with van der Waals surface area (Å²) in [7, 11) is 0. The van der Waals surface area contributed by atoms with Gasteiger partial charge in [-0.15, -0.1) is 0 Å². The fourth-order valence-electron chi connectivity index (χ4n) is 3.24.